The molecule has 1 fully saturated rings. The molecule has 0 bridgehead atoms. The van der Waals surface area contributed by atoms with Crippen LogP contribution in [0.4, 0.5) is 13.2 Å². The number of morpholine rings is 1. The van der Waals surface area contributed by atoms with E-state index in [-0.39, 0.29) is 13.2 Å². The molecule has 1 aliphatic rings. The molecular weight excluding hydrogens is 309 g/mol. The van der Waals surface area contributed by atoms with Crippen LogP contribution in [0, 0.1) is 13.8 Å². The Kier molecular flexibility index (Phi) is 3.83. The number of carbonyl (C=O) groups is 1. The first kappa shape index (κ1) is 15.9. The summed E-state index contributed by atoms with van der Waals surface area (Å²) in [5.74, 6) is -0.422. The minimum Gasteiger partial charge on any atom is -0.365 e. The maximum Gasteiger partial charge on any atom is 0.416 e. The summed E-state index contributed by atoms with van der Waals surface area (Å²) in [5, 5.41) is 0.911. The van der Waals surface area contributed by atoms with Crippen LogP contribution < -0.4 is 0 Å². The Morgan fingerprint density at radius 3 is 2.78 bits per heavy atom. The third-order valence-corrected chi connectivity index (χ3v) is 4.15. The van der Waals surface area contributed by atoms with Crippen LogP contribution in [0.5, 0.6) is 0 Å². The molecule has 0 saturated carbocycles. The van der Waals surface area contributed by atoms with Crippen molar-refractivity contribution in [1.29, 1.82) is 0 Å². The minimum absolute atomic E-state index is 0.117. The van der Waals surface area contributed by atoms with E-state index >= 15 is 0 Å². The minimum atomic E-state index is -4.47. The van der Waals surface area contributed by atoms with Gasteiger partial charge >= 0.3 is 6.18 Å². The highest BCUT2D eigenvalue weighted by molar-refractivity contribution is 6.01. The second-order valence-electron chi connectivity index (χ2n) is 5.83. The van der Waals surface area contributed by atoms with Crippen molar-refractivity contribution in [3.05, 3.63) is 35.0 Å². The number of aromatic nitrogens is 1. The molecule has 4 nitrogen and oxygen atoms in total. The van der Waals surface area contributed by atoms with E-state index in [4.69, 9.17) is 4.74 Å². The standard InChI is InChI=1S/C16H17F3N2O2/c1-9-3-4-12-11(7-9)10(2)14(20-12)15(22)21-5-6-23-13(8-21)16(17,18)19/h3-4,7,13,20H,5-6,8H2,1-2H3/t13-/m1/s1. The first-order chi connectivity index (χ1) is 10.8. The number of nitrogens with one attached hydrogen (secondary N) is 1. The molecule has 1 saturated heterocycles. The molecule has 1 atom stereocenters. The Morgan fingerprint density at radius 2 is 2.09 bits per heavy atom. The molecule has 124 valence electrons. The fourth-order valence-electron chi connectivity index (χ4n) is 2.84. The molecule has 1 aromatic carbocycles. The SMILES string of the molecule is Cc1ccc2[nH]c(C(=O)N3CCO[C@@H](C(F)(F)F)C3)c(C)c2c1. The molecule has 23 heavy (non-hydrogen) atoms. The van der Waals surface area contributed by atoms with E-state index in [0.717, 1.165) is 22.0 Å². The van der Waals surface area contributed by atoms with Gasteiger partial charge in [0.2, 0.25) is 0 Å². The van der Waals surface area contributed by atoms with Gasteiger partial charge in [-0.1, -0.05) is 11.6 Å². The van der Waals surface area contributed by atoms with Gasteiger partial charge in [-0.25, -0.2) is 0 Å². The van der Waals surface area contributed by atoms with Crippen LogP contribution in [0.15, 0.2) is 18.2 Å². The molecule has 1 aliphatic heterocycles. The molecule has 1 amide bonds. The highest BCUT2D eigenvalue weighted by Gasteiger charge is 2.44. The van der Waals surface area contributed by atoms with Crippen molar-refractivity contribution in [3.63, 3.8) is 0 Å². The smallest absolute Gasteiger partial charge is 0.365 e. The number of amides is 1. The lowest BCUT2D eigenvalue weighted by molar-refractivity contribution is -0.233. The van der Waals surface area contributed by atoms with Crippen LogP contribution in [0.25, 0.3) is 10.9 Å². The maximum atomic E-state index is 12.8. The van der Waals surface area contributed by atoms with Crippen molar-refractivity contribution in [1.82, 2.24) is 9.88 Å². The Labute approximate surface area is 131 Å². The number of nitrogens with zero attached hydrogens (tertiary/aromatic N) is 1. The molecule has 2 heterocycles. The molecule has 0 aliphatic carbocycles. The van der Waals surface area contributed by atoms with Gasteiger partial charge in [-0.05, 0) is 31.5 Å². The molecule has 7 heteroatoms. The molecule has 3 rings (SSSR count). The highest BCUT2D eigenvalue weighted by Crippen LogP contribution is 2.28. The number of benzene rings is 1. The number of fused-ring (bicyclic) bond motifs is 1. The van der Waals surface area contributed by atoms with Crippen LogP contribution in [0.3, 0.4) is 0 Å². The lowest BCUT2D eigenvalue weighted by atomic mass is 10.1. The van der Waals surface area contributed by atoms with Gasteiger partial charge in [0.25, 0.3) is 5.91 Å². The zero-order chi connectivity index (χ0) is 16.8. The van der Waals surface area contributed by atoms with Gasteiger partial charge < -0.3 is 14.6 Å². The predicted octanol–water partition coefficient (Wildman–Crippen LogP) is 3.19. The van der Waals surface area contributed by atoms with E-state index < -0.39 is 24.7 Å². The molecule has 0 unspecified atom stereocenters. The number of aryl methyl sites for hydroxylation is 2. The first-order valence-corrected chi connectivity index (χ1v) is 7.34. The second-order valence-corrected chi connectivity index (χ2v) is 5.83. The monoisotopic (exact) mass is 326 g/mol. The van der Waals surface area contributed by atoms with E-state index in [1.165, 1.54) is 4.90 Å². The van der Waals surface area contributed by atoms with Crippen molar-refractivity contribution < 1.29 is 22.7 Å². The second kappa shape index (κ2) is 5.56. The lowest BCUT2D eigenvalue weighted by Gasteiger charge is -2.33. The molecule has 0 radical (unpaired) electrons. The number of aromatic amines is 1. The number of carbonyl (C=O) groups excluding carboxylic acids is 1. The summed E-state index contributed by atoms with van der Waals surface area (Å²) in [6.07, 6.45) is -6.39. The quantitative estimate of drug-likeness (QED) is 0.875. The van der Waals surface area contributed by atoms with Crippen LogP contribution >= 0.6 is 0 Å². The zero-order valence-corrected chi connectivity index (χ0v) is 12.8. The Bertz CT molecular complexity index is 752. The number of halogens is 3. The summed E-state index contributed by atoms with van der Waals surface area (Å²) in [4.78, 5) is 16.8. The third-order valence-electron chi connectivity index (χ3n) is 4.15. The van der Waals surface area contributed by atoms with Crippen LogP contribution in [0.2, 0.25) is 0 Å². The largest absolute Gasteiger partial charge is 0.416 e. The Hall–Kier alpha value is -2.02. The van der Waals surface area contributed by atoms with Crippen LogP contribution in [-0.2, 0) is 4.74 Å². The normalized spacial score (nSPS) is 19.3. The number of hydrogen-bond donors (Lipinski definition) is 1. The Morgan fingerprint density at radius 1 is 1.35 bits per heavy atom. The summed E-state index contributed by atoms with van der Waals surface area (Å²) in [7, 11) is 0. The third kappa shape index (κ3) is 2.93. The van der Waals surface area contributed by atoms with Gasteiger partial charge in [-0.2, -0.15) is 13.2 Å². The van der Waals surface area contributed by atoms with Crippen LogP contribution in [-0.4, -0.2) is 47.8 Å². The average Bonchev–Trinajstić information content (AvgIpc) is 2.83. The summed E-state index contributed by atoms with van der Waals surface area (Å²) >= 11 is 0. The van der Waals surface area contributed by atoms with Gasteiger partial charge in [-0.3, -0.25) is 4.79 Å². The predicted molar refractivity (Wildman–Crippen MR) is 79.5 cm³/mol. The van der Waals surface area contributed by atoms with Gasteiger partial charge in [-0.15, -0.1) is 0 Å². The van der Waals surface area contributed by atoms with Gasteiger partial charge in [0.15, 0.2) is 6.10 Å². The molecule has 2 aromatic rings. The van der Waals surface area contributed by atoms with Crippen molar-refractivity contribution in [2.45, 2.75) is 26.1 Å². The van der Waals surface area contributed by atoms with Gasteiger partial charge in [0, 0.05) is 17.4 Å². The molecule has 1 N–H and O–H groups in total. The fourth-order valence-corrected chi connectivity index (χ4v) is 2.84. The number of alkyl halides is 3. The highest BCUT2D eigenvalue weighted by atomic mass is 19.4. The zero-order valence-electron chi connectivity index (χ0n) is 12.8. The van der Waals surface area contributed by atoms with Crippen molar-refractivity contribution in [3.8, 4) is 0 Å². The lowest BCUT2D eigenvalue weighted by Crippen LogP contribution is -2.51. The van der Waals surface area contributed by atoms with Crippen molar-refractivity contribution in [2.75, 3.05) is 19.7 Å². The van der Waals surface area contributed by atoms with E-state index in [0.29, 0.717) is 5.69 Å². The van der Waals surface area contributed by atoms with E-state index in [1.54, 1.807) is 6.92 Å². The fraction of sp³-hybridized carbons (Fsp3) is 0.438. The number of hydrogen-bond acceptors (Lipinski definition) is 2. The van der Waals surface area contributed by atoms with Gasteiger partial charge in [0.05, 0.1) is 13.2 Å². The summed E-state index contributed by atoms with van der Waals surface area (Å²) in [6, 6.07) is 5.74. The van der Waals surface area contributed by atoms with E-state index in [9.17, 15) is 18.0 Å². The Balaban J connectivity index is 1.90. The van der Waals surface area contributed by atoms with Crippen molar-refractivity contribution in [2.24, 2.45) is 0 Å². The number of ether oxygens (including phenoxy) is 1. The van der Waals surface area contributed by atoms with Crippen molar-refractivity contribution >= 4 is 16.8 Å². The maximum absolute atomic E-state index is 12.8. The van der Waals surface area contributed by atoms with Gasteiger partial charge in [0.1, 0.15) is 5.69 Å². The van der Waals surface area contributed by atoms with Crippen LogP contribution in [0.1, 0.15) is 21.6 Å². The topological polar surface area (TPSA) is 45.3 Å². The average molecular weight is 326 g/mol. The van der Waals surface area contributed by atoms with E-state index in [1.807, 2.05) is 25.1 Å². The molecular formula is C16H17F3N2O2. The molecule has 0 spiro atoms. The van der Waals surface area contributed by atoms with E-state index in [2.05, 4.69) is 4.98 Å². The number of rotatable bonds is 1. The first-order valence-electron chi connectivity index (χ1n) is 7.34. The summed E-state index contributed by atoms with van der Waals surface area (Å²) in [6.45, 7) is 3.31. The number of H-pyrrole nitrogens is 1. The summed E-state index contributed by atoms with van der Waals surface area (Å²) < 4.78 is 43.1. The summed E-state index contributed by atoms with van der Waals surface area (Å²) in [5.41, 5.74) is 2.95. The molecule has 1 aromatic heterocycles.